The van der Waals surface area contributed by atoms with E-state index in [0.717, 1.165) is 31.6 Å². The molecule has 0 heterocycles. The SMILES string of the molecule is CCCCOc1ccc(C[C@@H](C)[N-]NNCl)cc1. The predicted molar refractivity (Wildman–Crippen MR) is 75.5 cm³/mol. The van der Waals surface area contributed by atoms with Gasteiger partial charge in [-0.2, -0.15) is 4.94 Å². The lowest BCUT2D eigenvalue weighted by Crippen LogP contribution is -2.23. The lowest BCUT2D eigenvalue weighted by atomic mass is 10.1. The smallest absolute Gasteiger partial charge is 0.119 e. The third-order valence-electron chi connectivity index (χ3n) is 2.55. The van der Waals surface area contributed by atoms with E-state index in [4.69, 9.17) is 16.5 Å². The molecule has 1 aromatic rings. The van der Waals surface area contributed by atoms with Crippen molar-refractivity contribution < 1.29 is 4.74 Å². The van der Waals surface area contributed by atoms with E-state index in [-0.39, 0.29) is 6.04 Å². The third-order valence-corrected chi connectivity index (χ3v) is 2.63. The molecule has 0 saturated carbocycles. The number of hydrogen-bond acceptors (Lipinski definition) is 3. The highest BCUT2D eigenvalue weighted by atomic mass is 35.5. The molecule has 5 heteroatoms. The summed E-state index contributed by atoms with van der Waals surface area (Å²) in [4.78, 5) is 2.26. The van der Waals surface area contributed by atoms with E-state index in [0.29, 0.717) is 0 Å². The second kappa shape index (κ2) is 9.16. The van der Waals surface area contributed by atoms with Gasteiger partial charge in [0.15, 0.2) is 0 Å². The van der Waals surface area contributed by atoms with Gasteiger partial charge in [-0.3, -0.25) is 0 Å². The van der Waals surface area contributed by atoms with E-state index in [9.17, 15) is 0 Å². The maximum absolute atomic E-state index is 5.61. The normalized spacial score (nSPS) is 12.4. The van der Waals surface area contributed by atoms with E-state index in [1.54, 1.807) is 0 Å². The summed E-state index contributed by atoms with van der Waals surface area (Å²) in [5.41, 5.74) is 7.85. The van der Waals surface area contributed by atoms with Crippen LogP contribution in [0, 0.1) is 0 Å². The molecule has 0 radical (unpaired) electrons. The Bertz CT molecular complexity index is 319. The minimum atomic E-state index is 0.156. The second-order valence-corrected chi connectivity index (χ2v) is 4.42. The molecule has 4 nitrogen and oxygen atoms in total. The van der Waals surface area contributed by atoms with Gasteiger partial charge in [-0.25, -0.2) is 0 Å². The highest BCUT2D eigenvalue weighted by Gasteiger charge is 1.97. The van der Waals surface area contributed by atoms with Crippen molar-refractivity contribution in [2.45, 2.75) is 39.2 Å². The molecule has 0 aliphatic rings. The molecule has 0 amide bonds. The summed E-state index contributed by atoms with van der Waals surface area (Å²) in [6, 6.07) is 8.31. The molecule has 0 aliphatic heterocycles. The molecule has 1 atom stereocenters. The minimum absolute atomic E-state index is 0.156. The number of nitrogens with zero attached hydrogens (tertiary/aromatic N) is 1. The Morgan fingerprint density at radius 3 is 2.67 bits per heavy atom. The molecule has 0 aliphatic carbocycles. The van der Waals surface area contributed by atoms with Crippen molar-refractivity contribution >= 4 is 11.8 Å². The topological polar surface area (TPSA) is 47.4 Å². The number of rotatable bonds is 9. The maximum Gasteiger partial charge on any atom is 0.119 e. The lowest BCUT2D eigenvalue weighted by Gasteiger charge is -2.28. The highest BCUT2D eigenvalue weighted by molar-refractivity contribution is 6.13. The molecule has 0 unspecified atom stereocenters. The van der Waals surface area contributed by atoms with Crippen LogP contribution in [0.1, 0.15) is 32.3 Å². The fourth-order valence-corrected chi connectivity index (χ4v) is 1.63. The fraction of sp³-hybridized carbons (Fsp3) is 0.538. The number of ether oxygens (including phenoxy) is 1. The Labute approximate surface area is 114 Å². The summed E-state index contributed by atoms with van der Waals surface area (Å²) in [5, 5.41) is 0. The van der Waals surface area contributed by atoms with Crippen molar-refractivity contribution in [2.24, 2.45) is 0 Å². The first-order valence-corrected chi connectivity index (χ1v) is 6.66. The van der Waals surface area contributed by atoms with Crippen molar-refractivity contribution in [1.29, 1.82) is 0 Å². The zero-order valence-electron chi connectivity index (χ0n) is 10.9. The van der Waals surface area contributed by atoms with E-state index in [1.807, 2.05) is 19.1 Å². The lowest BCUT2D eigenvalue weighted by molar-refractivity contribution is 0.309. The molecule has 102 valence electrons. The largest absolute Gasteiger partial charge is 0.579 e. The summed E-state index contributed by atoms with van der Waals surface area (Å²) in [5.74, 6) is 0.928. The van der Waals surface area contributed by atoms with Crippen LogP contribution in [0.2, 0.25) is 0 Å². The van der Waals surface area contributed by atoms with Crippen LogP contribution in [0.25, 0.3) is 5.43 Å². The second-order valence-electron chi connectivity index (χ2n) is 4.23. The number of benzene rings is 1. The Morgan fingerprint density at radius 1 is 1.33 bits per heavy atom. The molecular formula is C13H21ClN3O-. The van der Waals surface area contributed by atoms with Crippen molar-refractivity contribution in [3.05, 3.63) is 35.3 Å². The summed E-state index contributed by atoms with van der Waals surface area (Å²) in [7, 11) is 0. The van der Waals surface area contributed by atoms with Crippen LogP contribution in [0.15, 0.2) is 24.3 Å². The van der Waals surface area contributed by atoms with E-state index in [2.05, 4.69) is 35.0 Å². The van der Waals surface area contributed by atoms with Crippen molar-refractivity contribution in [2.75, 3.05) is 6.61 Å². The molecule has 18 heavy (non-hydrogen) atoms. The van der Waals surface area contributed by atoms with Crippen molar-refractivity contribution in [3.63, 3.8) is 0 Å². The van der Waals surface area contributed by atoms with Crippen LogP contribution < -0.4 is 15.2 Å². The molecule has 0 saturated heterocycles. The van der Waals surface area contributed by atoms with Gasteiger partial charge in [0.25, 0.3) is 0 Å². The van der Waals surface area contributed by atoms with E-state index >= 15 is 0 Å². The van der Waals surface area contributed by atoms with E-state index in [1.165, 1.54) is 5.56 Å². The molecule has 0 fully saturated rings. The standard InChI is InChI=1S/C13H21ClN3O/c1-3-4-9-18-13-7-5-12(6-8-13)10-11(2)15-17-16-14/h5-8,11,16-17H,3-4,9-10H2,1-2H3/q-1/t11-/m1/s1. The number of nitrogens with one attached hydrogen (secondary N) is 2. The number of hydrogen-bond donors (Lipinski definition) is 2. The van der Waals surface area contributed by atoms with Gasteiger partial charge in [0, 0.05) is 0 Å². The minimum Gasteiger partial charge on any atom is -0.579 e. The van der Waals surface area contributed by atoms with Crippen LogP contribution in [-0.2, 0) is 6.42 Å². The first kappa shape index (κ1) is 15.2. The first-order chi connectivity index (χ1) is 8.76. The molecule has 1 rings (SSSR count). The van der Waals surface area contributed by atoms with Crippen LogP contribution in [0.4, 0.5) is 0 Å². The molecule has 2 N–H and O–H groups in total. The van der Waals surface area contributed by atoms with E-state index < -0.39 is 0 Å². The zero-order valence-corrected chi connectivity index (χ0v) is 11.7. The van der Waals surface area contributed by atoms with Crippen LogP contribution >= 0.6 is 11.8 Å². The fourth-order valence-electron chi connectivity index (χ4n) is 1.58. The Kier molecular flexibility index (Phi) is 7.76. The quantitative estimate of drug-likeness (QED) is 0.411. The average Bonchev–Trinajstić information content (AvgIpc) is 2.39. The predicted octanol–water partition coefficient (Wildman–Crippen LogP) is 3.33. The Hall–Kier alpha value is -0.810. The van der Waals surface area contributed by atoms with Gasteiger partial charge in [-0.05, 0) is 42.3 Å². The van der Waals surface area contributed by atoms with Crippen LogP contribution in [0.3, 0.4) is 0 Å². The number of halogens is 1. The molecule has 1 aromatic carbocycles. The third kappa shape index (κ3) is 6.21. The highest BCUT2D eigenvalue weighted by Crippen LogP contribution is 2.15. The summed E-state index contributed by atoms with van der Waals surface area (Å²) >= 11 is 5.26. The first-order valence-electron chi connectivity index (χ1n) is 6.28. The zero-order chi connectivity index (χ0) is 13.2. The molecule has 0 bridgehead atoms. The summed E-state index contributed by atoms with van der Waals surface area (Å²) in [6.45, 7) is 4.96. The van der Waals surface area contributed by atoms with Gasteiger partial charge in [-0.15, -0.1) is 6.04 Å². The monoisotopic (exact) mass is 270 g/mol. The summed E-state index contributed by atoms with van der Waals surface area (Å²) in [6.07, 6.45) is 3.11. The number of unbranched alkanes of at least 4 members (excludes halogenated alkanes) is 1. The summed E-state index contributed by atoms with van der Waals surface area (Å²) < 4.78 is 5.61. The Morgan fingerprint density at radius 2 is 2.06 bits per heavy atom. The van der Waals surface area contributed by atoms with Gasteiger partial charge in [0.1, 0.15) is 5.75 Å². The van der Waals surface area contributed by atoms with Gasteiger partial charge in [0.05, 0.1) is 6.61 Å². The average molecular weight is 271 g/mol. The van der Waals surface area contributed by atoms with Crippen LogP contribution in [0.5, 0.6) is 5.75 Å². The van der Waals surface area contributed by atoms with Gasteiger partial charge in [-0.1, -0.05) is 32.4 Å². The van der Waals surface area contributed by atoms with Crippen molar-refractivity contribution in [1.82, 2.24) is 10.5 Å². The maximum atomic E-state index is 5.61. The molecule has 0 aromatic heterocycles. The molecule has 0 spiro atoms. The molecular weight excluding hydrogens is 250 g/mol. The van der Waals surface area contributed by atoms with Gasteiger partial charge >= 0.3 is 0 Å². The van der Waals surface area contributed by atoms with Crippen molar-refractivity contribution in [3.8, 4) is 5.75 Å². The van der Waals surface area contributed by atoms with Gasteiger partial charge < -0.3 is 15.7 Å². The number of hydrazine groups is 1. The van der Waals surface area contributed by atoms with Gasteiger partial charge in [0.2, 0.25) is 0 Å². The Balaban J connectivity index is 2.35. The van der Waals surface area contributed by atoms with Crippen LogP contribution in [-0.4, -0.2) is 12.6 Å².